The van der Waals surface area contributed by atoms with Gasteiger partial charge in [0.15, 0.2) is 11.5 Å². The first-order valence-electron chi connectivity index (χ1n) is 8.57. The van der Waals surface area contributed by atoms with Gasteiger partial charge in [-0.05, 0) is 42.3 Å². The van der Waals surface area contributed by atoms with Crippen LogP contribution in [0.25, 0.3) is 0 Å². The van der Waals surface area contributed by atoms with Crippen molar-refractivity contribution < 1.29 is 28.9 Å². The van der Waals surface area contributed by atoms with Crippen molar-refractivity contribution >= 4 is 11.9 Å². The highest BCUT2D eigenvalue weighted by Crippen LogP contribution is 2.33. The van der Waals surface area contributed by atoms with Crippen LogP contribution in [0.15, 0.2) is 36.4 Å². The van der Waals surface area contributed by atoms with Crippen LogP contribution in [0.4, 0.5) is 0 Å². The molecule has 3 rings (SSSR count). The number of aromatic carboxylic acids is 1. The molecule has 0 saturated carbocycles. The maximum absolute atomic E-state index is 12.5. The number of carbonyl (C=O) groups is 2. The Morgan fingerprint density at radius 1 is 1.15 bits per heavy atom. The van der Waals surface area contributed by atoms with Crippen LogP contribution in [0.1, 0.15) is 34.3 Å². The molecule has 2 N–H and O–H groups in total. The predicted octanol–water partition coefficient (Wildman–Crippen LogP) is 2.58. The maximum Gasteiger partial charge on any atom is 0.339 e. The normalized spacial score (nSPS) is 13.6. The summed E-state index contributed by atoms with van der Waals surface area (Å²) in [5, 5.41) is 12.1. The van der Waals surface area contributed by atoms with Crippen LogP contribution in [0, 0.1) is 0 Å². The van der Waals surface area contributed by atoms with Crippen molar-refractivity contribution in [1.29, 1.82) is 0 Å². The number of hydrogen-bond donors (Lipinski definition) is 2. The zero-order valence-electron chi connectivity index (χ0n) is 15.2. The van der Waals surface area contributed by atoms with Crippen LogP contribution < -0.4 is 19.5 Å². The number of rotatable bonds is 6. The lowest BCUT2D eigenvalue weighted by Gasteiger charge is -2.20. The monoisotopic (exact) mass is 371 g/mol. The van der Waals surface area contributed by atoms with Gasteiger partial charge in [-0.3, -0.25) is 4.79 Å². The number of benzene rings is 2. The van der Waals surface area contributed by atoms with Gasteiger partial charge in [0.05, 0.1) is 13.0 Å². The van der Waals surface area contributed by atoms with Gasteiger partial charge in [-0.1, -0.05) is 12.1 Å². The van der Waals surface area contributed by atoms with Crippen molar-refractivity contribution in [2.45, 2.75) is 19.4 Å². The molecule has 2 aromatic carbocycles. The number of carboxylic acid groups (broad SMARTS) is 1. The molecule has 7 nitrogen and oxygen atoms in total. The molecule has 1 aliphatic rings. The van der Waals surface area contributed by atoms with Crippen LogP contribution in [-0.2, 0) is 11.3 Å². The second-order valence-electron chi connectivity index (χ2n) is 6.18. The molecule has 0 aromatic heterocycles. The lowest BCUT2D eigenvalue weighted by Crippen LogP contribution is -2.27. The molecule has 1 unspecified atom stereocenters. The van der Waals surface area contributed by atoms with Gasteiger partial charge in [0.1, 0.15) is 24.5 Å². The van der Waals surface area contributed by atoms with Crippen molar-refractivity contribution in [2.24, 2.45) is 0 Å². The van der Waals surface area contributed by atoms with Gasteiger partial charge in [0.2, 0.25) is 5.91 Å². The van der Waals surface area contributed by atoms with E-state index in [1.807, 2.05) is 12.1 Å². The van der Waals surface area contributed by atoms with E-state index < -0.39 is 11.9 Å². The predicted molar refractivity (Wildman–Crippen MR) is 97.6 cm³/mol. The smallest absolute Gasteiger partial charge is 0.339 e. The molecule has 142 valence electrons. The Labute approximate surface area is 156 Å². The van der Waals surface area contributed by atoms with Gasteiger partial charge in [-0.15, -0.1) is 0 Å². The minimum atomic E-state index is -1.08. The van der Waals surface area contributed by atoms with Crippen molar-refractivity contribution in [2.75, 3.05) is 20.3 Å². The minimum absolute atomic E-state index is 0.0594. The lowest BCUT2D eigenvalue weighted by molar-refractivity contribution is -0.122. The number of methoxy groups -OCH3 is 1. The standard InChI is InChI=1S/C20H21NO6/c1-12(14-4-6-17-18(10-14)27-8-7-26-17)19(22)21-11-13-3-5-16(25-2)15(9-13)20(23)24/h3-6,9-10,12H,7-8,11H2,1-2H3,(H,21,22)(H,23,24). The number of nitrogens with one attached hydrogen (secondary N) is 1. The van der Waals surface area contributed by atoms with E-state index in [1.54, 1.807) is 25.1 Å². The number of carbonyl (C=O) groups excluding carboxylic acids is 1. The van der Waals surface area contributed by atoms with Crippen molar-refractivity contribution in [1.82, 2.24) is 5.32 Å². The average Bonchev–Trinajstić information content (AvgIpc) is 2.70. The summed E-state index contributed by atoms with van der Waals surface area (Å²) in [6.07, 6.45) is 0. The molecule has 1 amide bonds. The topological polar surface area (TPSA) is 94.1 Å². The van der Waals surface area contributed by atoms with E-state index in [9.17, 15) is 14.7 Å². The summed E-state index contributed by atoms with van der Waals surface area (Å²) in [5.74, 6) is -0.0408. The molecule has 1 atom stereocenters. The Balaban J connectivity index is 1.67. The third kappa shape index (κ3) is 4.13. The molecule has 0 fully saturated rings. The SMILES string of the molecule is COc1ccc(CNC(=O)C(C)c2ccc3c(c2)OCCO3)cc1C(=O)O. The Kier molecular flexibility index (Phi) is 5.49. The second-order valence-corrected chi connectivity index (χ2v) is 6.18. The largest absolute Gasteiger partial charge is 0.496 e. The van der Waals surface area contributed by atoms with E-state index in [2.05, 4.69) is 5.32 Å². The Bertz CT molecular complexity index is 864. The number of carboxylic acids is 1. The van der Waals surface area contributed by atoms with Crippen molar-refractivity contribution in [3.05, 3.63) is 53.1 Å². The summed E-state index contributed by atoms with van der Waals surface area (Å²) < 4.78 is 16.1. The first-order chi connectivity index (χ1) is 13.0. The fraction of sp³-hybridized carbons (Fsp3) is 0.300. The number of amides is 1. The van der Waals surface area contributed by atoms with Crippen LogP contribution in [0.2, 0.25) is 0 Å². The maximum atomic E-state index is 12.5. The van der Waals surface area contributed by atoms with E-state index >= 15 is 0 Å². The highest BCUT2D eigenvalue weighted by molar-refractivity contribution is 5.91. The highest BCUT2D eigenvalue weighted by atomic mass is 16.6. The van der Waals surface area contributed by atoms with Crippen molar-refractivity contribution in [3.8, 4) is 17.2 Å². The molecular weight excluding hydrogens is 350 g/mol. The van der Waals surface area contributed by atoms with Crippen LogP contribution >= 0.6 is 0 Å². The molecule has 27 heavy (non-hydrogen) atoms. The number of ether oxygens (including phenoxy) is 3. The van der Waals surface area contributed by atoms with Gasteiger partial charge >= 0.3 is 5.97 Å². The first-order valence-corrected chi connectivity index (χ1v) is 8.57. The molecular formula is C20H21NO6. The fourth-order valence-corrected chi connectivity index (χ4v) is 2.86. The molecule has 0 aliphatic carbocycles. The fourth-order valence-electron chi connectivity index (χ4n) is 2.86. The quantitative estimate of drug-likeness (QED) is 0.811. The molecule has 1 heterocycles. The summed E-state index contributed by atoms with van der Waals surface area (Å²) in [5.41, 5.74) is 1.55. The molecule has 0 saturated heterocycles. The summed E-state index contributed by atoms with van der Waals surface area (Å²) in [6, 6.07) is 10.3. The highest BCUT2D eigenvalue weighted by Gasteiger charge is 2.19. The molecule has 0 radical (unpaired) electrons. The first kappa shape index (κ1) is 18.6. The van der Waals surface area contributed by atoms with Crippen LogP contribution in [0.3, 0.4) is 0 Å². The zero-order chi connectivity index (χ0) is 19.4. The number of hydrogen-bond acceptors (Lipinski definition) is 5. The minimum Gasteiger partial charge on any atom is -0.496 e. The van der Waals surface area contributed by atoms with Crippen LogP contribution in [-0.4, -0.2) is 37.3 Å². The van der Waals surface area contributed by atoms with Crippen LogP contribution in [0.5, 0.6) is 17.2 Å². The molecule has 7 heteroatoms. The third-order valence-electron chi connectivity index (χ3n) is 4.42. The summed E-state index contributed by atoms with van der Waals surface area (Å²) in [6.45, 7) is 3.03. The Morgan fingerprint density at radius 3 is 2.59 bits per heavy atom. The van der Waals surface area contributed by atoms with E-state index in [0.717, 1.165) is 5.56 Å². The second kappa shape index (κ2) is 7.99. The zero-order valence-corrected chi connectivity index (χ0v) is 15.2. The number of fused-ring (bicyclic) bond motifs is 1. The summed E-state index contributed by atoms with van der Waals surface area (Å²) in [7, 11) is 1.41. The van der Waals surface area contributed by atoms with Crippen molar-refractivity contribution in [3.63, 3.8) is 0 Å². The molecule has 1 aliphatic heterocycles. The van der Waals surface area contributed by atoms with Gasteiger partial charge < -0.3 is 24.6 Å². The third-order valence-corrected chi connectivity index (χ3v) is 4.42. The Morgan fingerprint density at radius 2 is 1.89 bits per heavy atom. The van der Waals surface area contributed by atoms with Gasteiger partial charge in [0.25, 0.3) is 0 Å². The summed E-state index contributed by atoms with van der Waals surface area (Å²) in [4.78, 5) is 23.8. The van der Waals surface area contributed by atoms with Gasteiger partial charge in [-0.2, -0.15) is 0 Å². The summed E-state index contributed by atoms with van der Waals surface area (Å²) >= 11 is 0. The molecule has 2 aromatic rings. The molecule has 0 bridgehead atoms. The van der Waals surface area contributed by atoms with E-state index in [0.29, 0.717) is 30.3 Å². The van der Waals surface area contributed by atoms with E-state index in [1.165, 1.54) is 13.2 Å². The average molecular weight is 371 g/mol. The van der Waals surface area contributed by atoms with Gasteiger partial charge in [0, 0.05) is 6.54 Å². The van der Waals surface area contributed by atoms with E-state index in [4.69, 9.17) is 14.2 Å². The van der Waals surface area contributed by atoms with Gasteiger partial charge in [-0.25, -0.2) is 4.79 Å². The Hall–Kier alpha value is -3.22. The lowest BCUT2D eigenvalue weighted by atomic mass is 9.99. The molecule has 0 spiro atoms. The van der Waals surface area contributed by atoms with E-state index in [-0.39, 0.29) is 23.8 Å².